The van der Waals surface area contributed by atoms with Crippen LogP contribution in [0.15, 0.2) is 18.3 Å². The van der Waals surface area contributed by atoms with Gasteiger partial charge >= 0.3 is 6.18 Å². The average molecular weight is 234 g/mol. The minimum atomic E-state index is -4.44. The van der Waals surface area contributed by atoms with Crippen LogP contribution in [0.5, 0.6) is 0 Å². The molecule has 0 radical (unpaired) electrons. The molecule has 0 aliphatic heterocycles. The van der Waals surface area contributed by atoms with Crippen molar-refractivity contribution in [3.05, 3.63) is 23.9 Å². The Hall–Kier alpha value is -1.30. The molecule has 0 unspecified atom stereocenters. The Morgan fingerprint density at radius 2 is 2.19 bits per heavy atom. The Morgan fingerprint density at radius 3 is 2.69 bits per heavy atom. The van der Waals surface area contributed by atoms with Crippen LogP contribution >= 0.6 is 0 Å². The van der Waals surface area contributed by atoms with Gasteiger partial charge in [-0.15, -0.1) is 0 Å². The molecule has 3 nitrogen and oxygen atoms in total. The third-order valence-corrected chi connectivity index (χ3v) is 2.17. The van der Waals surface area contributed by atoms with Gasteiger partial charge in [-0.05, 0) is 18.6 Å². The summed E-state index contributed by atoms with van der Waals surface area (Å²) in [6.45, 7) is 1.54. The number of pyridine rings is 1. The van der Waals surface area contributed by atoms with Crippen LogP contribution in [0.4, 0.5) is 19.0 Å². The summed E-state index contributed by atoms with van der Waals surface area (Å²) in [6.07, 6.45) is -2.64. The summed E-state index contributed by atoms with van der Waals surface area (Å²) in [5, 5.41) is 11.5. The molecular weight excluding hydrogens is 221 g/mol. The van der Waals surface area contributed by atoms with Gasteiger partial charge in [0.2, 0.25) is 0 Å². The lowest BCUT2D eigenvalue weighted by molar-refractivity contribution is -0.137. The zero-order valence-electron chi connectivity index (χ0n) is 8.75. The molecule has 0 aliphatic carbocycles. The van der Waals surface area contributed by atoms with Crippen molar-refractivity contribution in [2.75, 3.05) is 11.9 Å². The van der Waals surface area contributed by atoms with Crippen molar-refractivity contribution in [3.8, 4) is 0 Å². The van der Waals surface area contributed by atoms with E-state index in [9.17, 15) is 13.2 Å². The molecule has 0 fully saturated rings. The van der Waals surface area contributed by atoms with Crippen molar-refractivity contribution in [1.82, 2.24) is 4.98 Å². The highest BCUT2D eigenvalue weighted by Crippen LogP contribution is 2.33. The van der Waals surface area contributed by atoms with E-state index in [-0.39, 0.29) is 12.4 Å². The fraction of sp³-hybridized carbons (Fsp3) is 0.500. The van der Waals surface area contributed by atoms with Crippen molar-refractivity contribution in [3.63, 3.8) is 0 Å². The summed E-state index contributed by atoms with van der Waals surface area (Å²) < 4.78 is 37.7. The summed E-state index contributed by atoms with van der Waals surface area (Å²) in [5.74, 6) is -0.240. The smallest absolute Gasteiger partial charge is 0.394 e. The highest BCUT2D eigenvalue weighted by Gasteiger charge is 2.34. The monoisotopic (exact) mass is 234 g/mol. The standard InChI is InChI=1S/C10H13F3N2O/c1-2-7(6-16)15-9-8(10(11,12)13)4-3-5-14-9/h3-5,7,16H,2,6H2,1H3,(H,14,15)/t7-/m0/s1. The molecule has 90 valence electrons. The first-order valence-corrected chi connectivity index (χ1v) is 4.88. The maximum absolute atomic E-state index is 12.6. The zero-order chi connectivity index (χ0) is 12.2. The zero-order valence-corrected chi connectivity index (χ0v) is 8.75. The number of rotatable bonds is 4. The van der Waals surface area contributed by atoms with Gasteiger partial charge in [-0.2, -0.15) is 13.2 Å². The summed E-state index contributed by atoms with van der Waals surface area (Å²) in [7, 11) is 0. The molecule has 1 aromatic rings. The Balaban J connectivity index is 2.95. The van der Waals surface area contributed by atoms with Crippen LogP contribution in [0.3, 0.4) is 0 Å². The van der Waals surface area contributed by atoms with E-state index in [0.29, 0.717) is 6.42 Å². The van der Waals surface area contributed by atoms with E-state index in [1.807, 2.05) is 0 Å². The Morgan fingerprint density at radius 1 is 1.50 bits per heavy atom. The van der Waals surface area contributed by atoms with Crippen LogP contribution in [0.25, 0.3) is 0 Å². The molecule has 0 aliphatic rings. The number of nitrogens with zero attached hydrogens (tertiary/aromatic N) is 1. The first kappa shape index (κ1) is 12.8. The molecular formula is C10H13F3N2O. The fourth-order valence-corrected chi connectivity index (χ4v) is 1.22. The van der Waals surface area contributed by atoms with Crippen LogP contribution in [0.2, 0.25) is 0 Å². The van der Waals surface area contributed by atoms with Gasteiger partial charge < -0.3 is 10.4 Å². The summed E-state index contributed by atoms with van der Waals surface area (Å²) in [5.41, 5.74) is -0.818. The number of aliphatic hydroxyl groups is 1. The summed E-state index contributed by atoms with van der Waals surface area (Å²) in [4.78, 5) is 3.64. The minimum Gasteiger partial charge on any atom is -0.394 e. The van der Waals surface area contributed by atoms with E-state index in [0.717, 1.165) is 6.07 Å². The maximum Gasteiger partial charge on any atom is 0.419 e. The molecule has 1 aromatic heterocycles. The highest BCUT2D eigenvalue weighted by atomic mass is 19.4. The van der Waals surface area contributed by atoms with Gasteiger partial charge in [0, 0.05) is 6.20 Å². The molecule has 0 bridgehead atoms. The molecule has 16 heavy (non-hydrogen) atoms. The lowest BCUT2D eigenvalue weighted by Crippen LogP contribution is -2.25. The average Bonchev–Trinajstić information content (AvgIpc) is 2.25. The molecule has 0 amide bonds. The first-order valence-electron chi connectivity index (χ1n) is 4.88. The SMILES string of the molecule is CC[C@@H](CO)Nc1ncccc1C(F)(F)F. The molecule has 1 heterocycles. The first-order chi connectivity index (χ1) is 7.49. The van der Waals surface area contributed by atoms with E-state index >= 15 is 0 Å². The van der Waals surface area contributed by atoms with Crippen molar-refractivity contribution < 1.29 is 18.3 Å². The van der Waals surface area contributed by atoms with E-state index in [1.165, 1.54) is 12.3 Å². The van der Waals surface area contributed by atoms with E-state index in [4.69, 9.17) is 5.11 Å². The van der Waals surface area contributed by atoms with Crippen LogP contribution in [-0.4, -0.2) is 22.7 Å². The Kier molecular flexibility index (Phi) is 4.12. The molecule has 6 heteroatoms. The molecule has 2 N–H and O–H groups in total. The number of nitrogens with one attached hydrogen (secondary N) is 1. The van der Waals surface area contributed by atoms with E-state index < -0.39 is 17.8 Å². The number of anilines is 1. The fourth-order valence-electron chi connectivity index (χ4n) is 1.22. The van der Waals surface area contributed by atoms with Crippen molar-refractivity contribution >= 4 is 5.82 Å². The quantitative estimate of drug-likeness (QED) is 0.840. The third kappa shape index (κ3) is 3.10. The summed E-state index contributed by atoms with van der Waals surface area (Å²) >= 11 is 0. The lowest BCUT2D eigenvalue weighted by atomic mass is 10.2. The molecule has 1 atom stereocenters. The summed E-state index contributed by atoms with van der Waals surface area (Å²) in [6, 6.07) is 1.77. The van der Waals surface area contributed by atoms with Gasteiger partial charge in [0.25, 0.3) is 0 Å². The van der Waals surface area contributed by atoms with E-state index in [2.05, 4.69) is 10.3 Å². The number of aromatic nitrogens is 1. The number of aliphatic hydroxyl groups excluding tert-OH is 1. The highest BCUT2D eigenvalue weighted by molar-refractivity contribution is 5.46. The molecule has 0 spiro atoms. The lowest BCUT2D eigenvalue weighted by Gasteiger charge is -2.18. The van der Waals surface area contributed by atoms with Gasteiger partial charge in [-0.3, -0.25) is 0 Å². The predicted octanol–water partition coefficient (Wildman–Crippen LogP) is 2.28. The predicted molar refractivity (Wildman–Crippen MR) is 54.0 cm³/mol. The second-order valence-corrected chi connectivity index (χ2v) is 3.33. The minimum absolute atomic E-state index is 0.232. The van der Waals surface area contributed by atoms with E-state index in [1.54, 1.807) is 6.92 Å². The normalized spacial score (nSPS) is 13.6. The number of halogens is 3. The van der Waals surface area contributed by atoms with Crippen molar-refractivity contribution in [2.24, 2.45) is 0 Å². The van der Waals surface area contributed by atoms with Crippen LogP contribution < -0.4 is 5.32 Å². The van der Waals surface area contributed by atoms with Crippen molar-refractivity contribution in [1.29, 1.82) is 0 Å². The van der Waals surface area contributed by atoms with Gasteiger partial charge in [0.15, 0.2) is 0 Å². The Labute approximate surface area is 91.3 Å². The van der Waals surface area contributed by atoms with Crippen molar-refractivity contribution in [2.45, 2.75) is 25.6 Å². The maximum atomic E-state index is 12.6. The van der Waals surface area contributed by atoms with Gasteiger partial charge in [0.05, 0.1) is 18.2 Å². The number of hydrogen-bond donors (Lipinski definition) is 2. The Bertz CT molecular complexity index is 337. The second kappa shape index (κ2) is 5.16. The number of alkyl halides is 3. The largest absolute Gasteiger partial charge is 0.419 e. The van der Waals surface area contributed by atoms with Crippen LogP contribution in [0, 0.1) is 0 Å². The number of hydrogen-bond acceptors (Lipinski definition) is 3. The molecule has 0 saturated heterocycles. The molecule has 0 saturated carbocycles. The molecule has 0 aromatic carbocycles. The molecule has 1 rings (SSSR count). The van der Waals surface area contributed by atoms with Gasteiger partial charge in [-0.25, -0.2) is 4.98 Å². The topological polar surface area (TPSA) is 45.1 Å². The van der Waals surface area contributed by atoms with Gasteiger partial charge in [0.1, 0.15) is 5.82 Å². The van der Waals surface area contributed by atoms with Crippen LogP contribution in [0.1, 0.15) is 18.9 Å². The van der Waals surface area contributed by atoms with Crippen LogP contribution in [-0.2, 0) is 6.18 Å². The third-order valence-electron chi connectivity index (χ3n) is 2.17. The second-order valence-electron chi connectivity index (χ2n) is 3.33. The van der Waals surface area contributed by atoms with Gasteiger partial charge in [-0.1, -0.05) is 6.92 Å².